The normalized spacial score (nSPS) is 22.4. The lowest BCUT2D eigenvalue weighted by Gasteiger charge is -2.20. The molecule has 1 aliphatic heterocycles. The molecule has 3 rings (SSSR count). The number of hydrogen-bond donors (Lipinski definition) is 2. The summed E-state index contributed by atoms with van der Waals surface area (Å²) in [4.78, 5) is 25.3. The topological polar surface area (TPSA) is 75.4 Å². The Morgan fingerprint density at radius 2 is 2.09 bits per heavy atom. The first kappa shape index (κ1) is 15.2. The third-order valence-electron chi connectivity index (χ3n) is 4.66. The predicted molar refractivity (Wildman–Crippen MR) is 84.5 cm³/mol. The van der Waals surface area contributed by atoms with Gasteiger partial charge in [0.25, 0.3) is 0 Å². The van der Waals surface area contributed by atoms with Gasteiger partial charge in [0.05, 0.1) is 5.41 Å². The highest BCUT2D eigenvalue weighted by atomic mass is 35.5. The van der Waals surface area contributed by atoms with Crippen LogP contribution in [0.15, 0.2) is 24.3 Å². The highest BCUT2D eigenvalue weighted by molar-refractivity contribution is 6.31. The molecule has 118 valence electrons. The van der Waals surface area contributed by atoms with Crippen LogP contribution in [0.2, 0.25) is 5.02 Å². The fourth-order valence-electron chi connectivity index (χ4n) is 3.06. The second kappa shape index (κ2) is 5.80. The summed E-state index contributed by atoms with van der Waals surface area (Å²) in [5.74, 6) is 0.0729. The Hall–Kier alpha value is -1.75. The molecule has 0 aromatic heterocycles. The summed E-state index contributed by atoms with van der Waals surface area (Å²) >= 11 is 6.20. The number of rotatable bonds is 4. The number of nitrogens with two attached hydrogens (primary N) is 1. The van der Waals surface area contributed by atoms with Gasteiger partial charge in [-0.05, 0) is 37.3 Å². The maximum atomic E-state index is 12.6. The summed E-state index contributed by atoms with van der Waals surface area (Å²) in [5.41, 5.74) is 5.95. The summed E-state index contributed by atoms with van der Waals surface area (Å²) in [7, 11) is 0. The zero-order chi connectivity index (χ0) is 15.7. The molecule has 3 N–H and O–H groups in total. The Balaban J connectivity index is 1.60. The summed E-state index contributed by atoms with van der Waals surface area (Å²) in [5, 5.41) is 3.79. The molecule has 5 nitrogen and oxygen atoms in total. The van der Waals surface area contributed by atoms with Gasteiger partial charge in [-0.15, -0.1) is 0 Å². The van der Waals surface area contributed by atoms with Gasteiger partial charge in [0.2, 0.25) is 5.91 Å². The molecule has 0 bridgehead atoms. The van der Waals surface area contributed by atoms with Crippen LogP contribution in [-0.2, 0) is 11.2 Å². The summed E-state index contributed by atoms with van der Waals surface area (Å²) in [6, 6.07) is 7.24. The first-order valence-corrected chi connectivity index (χ1v) is 7.97. The standard InChI is InChI=1S/C16H20ClN3O2/c17-13-4-2-1-3-11(13)9-16(6-7-16)14(21)19-12-5-8-20(10-12)15(18)22/h1-4,12H,5-10H2,(H2,18,22)(H,19,21). The predicted octanol–water partition coefficient (Wildman–Crippen LogP) is 1.93. The van der Waals surface area contributed by atoms with Gasteiger partial charge in [-0.1, -0.05) is 29.8 Å². The van der Waals surface area contributed by atoms with Crippen molar-refractivity contribution in [2.75, 3.05) is 13.1 Å². The van der Waals surface area contributed by atoms with E-state index < -0.39 is 6.03 Å². The molecule has 1 saturated heterocycles. The molecule has 1 aliphatic carbocycles. The van der Waals surface area contributed by atoms with Crippen molar-refractivity contribution in [1.29, 1.82) is 0 Å². The van der Waals surface area contributed by atoms with Crippen molar-refractivity contribution in [3.8, 4) is 0 Å². The van der Waals surface area contributed by atoms with Crippen molar-refractivity contribution in [2.45, 2.75) is 31.7 Å². The van der Waals surface area contributed by atoms with Crippen LogP contribution < -0.4 is 11.1 Å². The largest absolute Gasteiger partial charge is 0.351 e. The third-order valence-corrected chi connectivity index (χ3v) is 5.03. The van der Waals surface area contributed by atoms with Gasteiger partial charge in [-0.2, -0.15) is 0 Å². The van der Waals surface area contributed by atoms with Gasteiger partial charge in [-0.25, -0.2) is 4.79 Å². The molecule has 1 aromatic carbocycles. The van der Waals surface area contributed by atoms with E-state index in [0.29, 0.717) is 24.5 Å². The van der Waals surface area contributed by atoms with E-state index in [1.807, 2.05) is 24.3 Å². The lowest BCUT2D eigenvalue weighted by atomic mass is 9.95. The first-order valence-electron chi connectivity index (χ1n) is 7.59. The molecule has 6 heteroatoms. The highest BCUT2D eigenvalue weighted by Gasteiger charge is 2.50. The molecule has 0 radical (unpaired) electrons. The number of benzene rings is 1. The van der Waals surface area contributed by atoms with E-state index >= 15 is 0 Å². The van der Waals surface area contributed by atoms with Crippen LogP contribution in [0.1, 0.15) is 24.8 Å². The smallest absolute Gasteiger partial charge is 0.314 e. The number of halogens is 1. The van der Waals surface area contributed by atoms with Crippen molar-refractivity contribution in [1.82, 2.24) is 10.2 Å². The van der Waals surface area contributed by atoms with E-state index in [4.69, 9.17) is 17.3 Å². The number of carbonyl (C=O) groups is 2. The number of nitrogens with one attached hydrogen (secondary N) is 1. The van der Waals surface area contributed by atoms with Gasteiger partial charge < -0.3 is 16.0 Å². The second-order valence-corrected chi connectivity index (χ2v) is 6.70. The van der Waals surface area contributed by atoms with E-state index in [1.54, 1.807) is 4.90 Å². The van der Waals surface area contributed by atoms with Crippen LogP contribution in [0, 0.1) is 5.41 Å². The van der Waals surface area contributed by atoms with Gasteiger partial charge >= 0.3 is 6.03 Å². The summed E-state index contributed by atoms with van der Waals surface area (Å²) < 4.78 is 0. The molecule has 1 heterocycles. The first-order chi connectivity index (χ1) is 10.5. The maximum Gasteiger partial charge on any atom is 0.314 e. The number of nitrogens with zero attached hydrogens (tertiary/aromatic N) is 1. The minimum Gasteiger partial charge on any atom is -0.351 e. The molecule has 1 saturated carbocycles. The Bertz CT molecular complexity index is 601. The van der Waals surface area contributed by atoms with Crippen LogP contribution in [0.4, 0.5) is 4.79 Å². The van der Waals surface area contributed by atoms with E-state index in [2.05, 4.69) is 5.32 Å². The average Bonchev–Trinajstić information content (AvgIpc) is 3.11. The number of hydrogen-bond acceptors (Lipinski definition) is 2. The summed E-state index contributed by atoms with van der Waals surface area (Å²) in [6.45, 7) is 1.11. The molecular weight excluding hydrogens is 302 g/mol. The molecule has 3 amide bonds. The second-order valence-electron chi connectivity index (χ2n) is 6.29. The fourth-order valence-corrected chi connectivity index (χ4v) is 3.26. The average molecular weight is 322 g/mol. The van der Waals surface area contributed by atoms with Crippen molar-refractivity contribution >= 4 is 23.5 Å². The molecule has 2 fully saturated rings. The fraction of sp³-hybridized carbons (Fsp3) is 0.500. The molecule has 22 heavy (non-hydrogen) atoms. The number of likely N-dealkylation sites (tertiary alicyclic amines) is 1. The highest BCUT2D eigenvalue weighted by Crippen LogP contribution is 2.49. The van der Waals surface area contributed by atoms with E-state index in [9.17, 15) is 9.59 Å². The Labute approximate surface area is 134 Å². The number of carbonyl (C=O) groups excluding carboxylic acids is 2. The minimum absolute atomic E-state index is 0.00344. The quantitative estimate of drug-likeness (QED) is 0.889. The SMILES string of the molecule is NC(=O)N1CCC(NC(=O)C2(Cc3ccccc3Cl)CC2)C1. The van der Waals surface area contributed by atoms with Crippen LogP contribution in [0.5, 0.6) is 0 Å². The molecule has 1 aromatic rings. The van der Waals surface area contributed by atoms with E-state index in [-0.39, 0.29) is 17.4 Å². The zero-order valence-electron chi connectivity index (χ0n) is 12.3. The summed E-state index contributed by atoms with van der Waals surface area (Å²) in [6.07, 6.45) is 3.20. The molecule has 0 spiro atoms. The van der Waals surface area contributed by atoms with Gasteiger partial charge in [0, 0.05) is 24.2 Å². The Kier molecular flexibility index (Phi) is 4.00. The van der Waals surface area contributed by atoms with Crippen molar-refractivity contribution in [3.63, 3.8) is 0 Å². The Morgan fingerprint density at radius 1 is 1.36 bits per heavy atom. The number of primary amides is 1. The number of urea groups is 1. The van der Waals surface area contributed by atoms with E-state index in [0.717, 1.165) is 24.8 Å². The number of amides is 3. The Morgan fingerprint density at radius 3 is 2.68 bits per heavy atom. The van der Waals surface area contributed by atoms with Crippen LogP contribution in [0.3, 0.4) is 0 Å². The monoisotopic (exact) mass is 321 g/mol. The van der Waals surface area contributed by atoms with Gasteiger partial charge in [0.1, 0.15) is 0 Å². The van der Waals surface area contributed by atoms with Gasteiger partial charge in [0.15, 0.2) is 0 Å². The zero-order valence-corrected chi connectivity index (χ0v) is 13.1. The van der Waals surface area contributed by atoms with Crippen molar-refractivity contribution < 1.29 is 9.59 Å². The van der Waals surface area contributed by atoms with Crippen molar-refractivity contribution in [3.05, 3.63) is 34.9 Å². The minimum atomic E-state index is -0.422. The molecular formula is C16H20ClN3O2. The maximum absolute atomic E-state index is 12.6. The third kappa shape index (κ3) is 3.04. The molecule has 1 unspecified atom stereocenters. The van der Waals surface area contributed by atoms with Crippen molar-refractivity contribution in [2.24, 2.45) is 11.1 Å². The van der Waals surface area contributed by atoms with E-state index in [1.165, 1.54) is 0 Å². The van der Waals surface area contributed by atoms with Crippen LogP contribution in [-0.4, -0.2) is 36.0 Å². The van der Waals surface area contributed by atoms with Gasteiger partial charge in [-0.3, -0.25) is 4.79 Å². The molecule has 1 atom stereocenters. The van der Waals surface area contributed by atoms with Crippen LogP contribution in [0.25, 0.3) is 0 Å². The lowest BCUT2D eigenvalue weighted by molar-refractivity contribution is -0.127. The lowest BCUT2D eigenvalue weighted by Crippen LogP contribution is -2.43. The van der Waals surface area contributed by atoms with Crippen LogP contribution >= 0.6 is 11.6 Å². The molecule has 2 aliphatic rings.